The second kappa shape index (κ2) is 8.21. The first-order chi connectivity index (χ1) is 15.9. The first-order valence-corrected chi connectivity index (χ1v) is 11.3. The lowest BCUT2D eigenvalue weighted by Crippen LogP contribution is -2.14. The number of anilines is 1. The molecule has 0 spiro atoms. The molecule has 0 radical (unpaired) electrons. The average molecular weight is 459 g/mol. The number of nitrogens with one attached hydrogen (secondary N) is 1. The molecule has 1 aromatic carbocycles. The molecule has 0 aliphatic carbocycles. The Morgan fingerprint density at radius 1 is 1.15 bits per heavy atom. The van der Waals surface area contributed by atoms with Crippen molar-refractivity contribution in [3.8, 4) is 16.9 Å². The van der Waals surface area contributed by atoms with Gasteiger partial charge in [0.2, 0.25) is 0 Å². The first kappa shape index (κ1) is 21.0. The maximum Gasteiger partial charge on any atom is 0.256 e. The van der Waals surface area contributed by atoms with Crippen molar-refractivity contribution in [2.45, 2.75) is 33.7 Å². The topological polar surface area (TPSA) is 103 Å². The number of amides is 1. The fourth-order valence-corrected chi connectivity index (χ4v) is 4.74. The third-order valence-electron chi connectivity index (χ3n) is 5.33. The summed E-state index contributed by atoms with van der Waals surface area (Å²) in [7, 11) is 0. The molecule has 10 heteroatoms. The van der Waals surface area contributed by atoms with Crippen LogP contribution in [0.2, 0.25) is 0 Å². The molecule has 0 fully saturated rings. The summed E-state index contributed by atoms with van der Waals surface area (Å²) in [5.74, 6) is -0.231. The van der Waals surface area contributed by atoms with Gasteiger partial charge in [0.05, 0.1) is 28.5 Å². The Kier molecular flexibility index (Phi) is 5.21. The fraction of sp³-hybridized carbons (Fsp3) is 0.217. The highest BCUT2D eigenvalue weighted by Gasteiger charge is 2.20. The molecule has 0 saturated carbocycles. The van der Waals surface area contributed by atoms with E-state index in [1.54, 1.807) is 17.5 Å². The second-order valence-corrected chi connectivity index (χ2v) is 9.52. The van der Waals surface area contributed by atoms with Crippen LogP contribution in [0.25, 0.3) is 28.0 Å². The number of aromatic nitrogens is 7. The molecule has 9 nitrogen and oxygen atoms in total. The number of benzene rings is 1. The zero-order chi connectivity index (χ0) is 23.1. The number of tetrazole rings is 1. The highest BCUT2D eigenvalue weighted by molar-refractivity contribution is 7.12. The molecule has 0 unspecified atom stereocenters. The van der Waals surface area contributed by atoms with E-state index in [4.69, 9.17) is 4.98 Å². The Bertz CT molecular complexity index is 1470. The maximum atomic E-state index is 13.5. The number of nitrogens with zero attached hydrogens (tertiary/aromatic N) is 7. The van der Waals surface area contributed by atoms with Crippen molar-refractivity contribution >= 4 is 34.0 Å². The smallest absolute Gasteiger partial charge is 0.256 e. The van der Waals surface area contributed by atoms with Crippen LogP contribution in [0.1, 0.15) is 40.0 Å². The molecule has 0 bridgehead atoms. The normalized spacial score (nSPS) is 11.4. The minimum absolute atomic E-state index is 0.111. The van der Waals surface area contributed by atoms with E-state index in [-0.39, 0.29) is 11.9 Å². The van der Waals surface area contributed by atoms with Crippen molar-refractivity contribution in [3.63, 3.8) is 0 Å². The zero-order valence-electron chi connectivity index (χ0n) is 18.6. The third kappa shape index (κ3) is 3.89. The van der Waals surface area contributed by atoms with E-state index < -0.39 is 0 Å². The van der Waals surface area contributed by atoms with Crippen LogP contribution in [0.3, 0.4) is 0 Å². The van der Waals surface area contributed by atoms with Gasteiger partial charge in [0.1, 0.15) is 6.33 Å². The van der Waals surface area contributed by atoms with Crippen molar-refractivity contribution in [2.75, 3.05) is 5.32 Å². The van der Waals surface area contributed by atoms with E-state index in [9.17, 15) is 4.79 Å². The minimum Gasteiger partial charge on any atom is -0.322 e. The second-order valence-electron chi connectivity index (χ2n) is 8.06. The van der Waals surface area contributed by atoms with Crippen LogP contribution in [-0.4, -0.2) is 40.9 Å². The molecule has 4 heterocycles. The van der Waals surface area contributed by atoms with Gasteiger partial charge in [-0.1, -0.05) is 6.07 Å². The Labute approximate surface area is 194 Å². The SMILES string of the molecule is Cc1cc(-c2cc(C(=O)Nc3cccc(-n4cnnn4)c3)c3cnn(C(C)C)c3n2)c(C)s1. The van der Waals surface area contributed by atoms with Crippen molar-refractivity contribution < 1.29 is 4.79 Å². The molecule has 0 aliphatic heterocycles. The number of thiophene rings is 1. The largest absolute Gasteiger partial charge is 0.322 e. The van der Waals surface area contributed by atoms with E-state index in [0.29, 0.717) is 22.3 Å². The molecular weight excluding hydrogens is 436 g/mol. The Morgan fingerprint density at radius 2 is 2.00 bits per heavy atom. The average Bonchev–Trinajstić information content (AvgIpc) is 3.52. The van der Waals surface area contributed by atoms with Crippen molar-refractivity contribution in [3.05, 3.63) is 64.2 Å². The van der Waals surface area contributed by atoms with E-state index in [1.807, 2.05) is 48.9 Å². The van der Waals surface area contributed by atoms with Gasteiger partial charge in [-0.25, -0.2) is 14.3 Å². The van der Waals surface area contributed by atoms with Crippen LogP contribution < -0.4 is 5.32 Å². The summed E-state index contributed by atoms with van der Waals surface area (Å²) in [5, 5.41) is 19.5. The lowest BCUT2D eigenvalue weighted by molar-refractivity contribution is 0.102. The highest BCUT2D eigenvalue weighted by Crippen LogP contribution is 2.33. The van der Waals surface area contributed by atoms with E-state index in [1.165, 1.54) is 15.9 Å². The number of hydrogen-bond acceptors (Lipinski definition) is 7. The number of pyridine rings is 1. The van der Waals surface area contributed by atoms with E-state index in [2.05, 4.69) is 45.9 Å². The van der Waals surface area contributed by atoms with Gasteiger partial charge in [-0.15, -0.1) is 16.4 Å². The van der Waals surface area contributed by atoms with Crippen LogP contribution in [0.15, 0.2) is 48.9 Å². The summed E-state index contributed by atoms with van der Waals surface area (Å²) in [5.41, 5.74) is 4.40. The fourth-order valence-electron chi connectivity index (χ4n) is 3.81. The van der Waals surface area contributed by atoms with Gasteiger partial charge in [0.15, 0.2) is 5.65 Å². The lowest BCUT2D eigenvalue weighted by atomic mass is 10.1. The standard InChI is InChI=1S/C23H22N8OS/c1-13(2)31-22-20(11-25-31)19(10-21(27-22)18-8-14(3)33-15(18)4)23(32)26-16-6-5-7-17(9-16)30-12-24-28-29-30/h5-13H,1-4H3,(H,26,32). The lowest BCUT2D eigenvalue weighted by Gasteiger charge is -2.11. The van der Waals surface area contributed by atoms with Crippen LogP contribution in [-0.2, 0) is 0 Å². The maximum absolute atomic E-state index is 13.5. The van der Waals surface area contributed by atoms with Crippen LogP contribution in [0.5, 0.6) is 0 Å². The summed E-state index contributed by atoms with van der Waals surface area (Å²) in [6.07, 6.45) is 3.22. The monoisotopic (exact) mass is 458 g/mol. The predicted octanol–water partition coefficient (Wildman–Crippen LogP) is 4.59. The quantitative estimate of drug-likeness (QED) is 0.413. The van der Waals surface area contributed by atoms with Gasteiger partial charge in [0, 0.05) is 27.0 Å². The predicted molar refractivity (Wildman–Crippen MR) is 128 cm³/mol. The Morgan fingerprint density at radius 3 is 2.70 bits per heavy atom. The molecule has 0 saturated heterocycles. The van der Waals surface area contributed by atoms with E-state index in [0.717, 1.165) is 21.8 Å². The minimum atomic E-state index is -0.231. The van der Waals surface area contributed by atoms with Gasteiger partial charge in [-0.3, -0.25) is 4.79 Å². The molecule has 1 N–H and O–H groups in total. The number of rotatable bonds is 5. The molecular formula is C23H22N8OS. The third-order valence-corrected chi connectivity index (χ3v) is 6.30. The number of fused-ring (bicyclic) bond motifs is 1. The summed E-state index contributed by atoms with van der Waals surface area (Å²) in [4.78, 5) is 20.7. The van der Waals surface area contributed by atoms with Crippen LogP contribution in [0.4, 0.5) is 5.69 Å². The van der Waals surface area contributed by atoms with Crippen molar-refractivity contribution in [1.82, 2.24) is 35.0 Å². The van der Waals surface area contributed by atoms with Gasteiger partial charge < -0.3 is 5.32 Å². The molecule has 4 aromatic heterocycles. The Balaban J connectivity index is 1.59. The van der Waals surface area contributed by atoms with Gasteiger partial charge >= 0.3 is 0 Å². The van der Waals surface area contributed by atoms with Gasteiger partial charge in [-0.2, -0.15) is 5.10 Å². The number of hydrogen-bond donors (Lipinski definition) is 1. The summed E-state index contributed by atoms with van der Waals surface area (Å²) >= 11 is 1.72. The molecule has 1 amide bonds. The number of aryl methyl sites for hydroxylation is 2. The Hall–Kier alpha value is -3.92. The zero-order valence-corrected chi connectivity index (χ0v) is 19.5. The van der Waals surface area contributed by atoms with Crippen molar-refractivity contribution in [2.24, 2.45) is 0 Å². The summed E-state index contributed by atoms with van der Waals surface area (Å²) in [6.45, 7) is 8.24. The molecule has 5 rings (SSSR count). The molecule has 166 valence electrons. The van der Waals surface area contributed by atoms with Gasteiger partial charge in [-0.05, 0) is 68.5 Å². The number of carbonyl (C=O) groups excluding carboxylic acids is 1. The molecule has 0 aliphatic rings. The molecule has 33 heavy (non-hydrogen) atoms. The summed E-state index contributed by atoms with van der Waals surface area (Å²) < 4.78 is 3.38. The highest BCUT2D eigenvalue weighted by atomic mass is 32.1. The number of carbonyl (C=O) groups is 1. The van der Waals surface area contributed by atoms with E-state index >= 15 is 0 Å². The van der Waals surface area contributed by atoms with Crippen LogP contribution >= 0.6 is 11.3 Å². The van der Waals surface area contributed by atoms with Crippen LogP contribution in [0, 0.1) is 13.8 Å². The molecule has 5 aromatic rings. The summed E-state index contributed by atoms with van der Waals surface area (Å²) in [6, 6.07) is 11.4. The first-order valence-electron chi connectivity index (χ1n) is 10.5. The van der Waals surface area contributed by atoms with Crippen molar-refractivity contribution in [1.29, 1.82) is 0 Å². The van der Waals surface area contributed by atoms with Gasteiger partial charge in [0.25, 0.3) is 5.91 Å². The molecule has 0 atom stereocenters.